The summed E-state index contributed by atoms with van der Waals surface area (Å²) in [7, 11) is 0. The standard InChI is InChI=1S/C17H20N4/c1-3-15(18)9-14-8-13-6-4-5-7-16(13)20-17(14)21-11-12(2)10-19-21/h4-8,10-11,15H,3,9,18H2,1-2H3. The molecule has 4 nitrogen and oxygen atoms in total. The first-order chi connectivity index (χ1) is 10.2. The Kier molecular flexibility index (Phi) is 3.71. The van der Waals surface area contributed by atoms with Crippen LogP contribution in [0, 0.1) is 6.92 Å². The van der Waals surface area contributed by atoms with Gasteiger partial charge in [-0.1, -0.05) is 25.1 Å². The number of hydrogen-bond donors (Lipinski definition) is 1. The molecule has 0 aliphatic carbocycles. The maximum Gasteiger partial charge on any atom is 0.157 e. The first kappa shape index (κ1) is 13.8. The number of pyridine rings is 1. The zero-order chi connectivity index (χ0) is 14.8. The molecule has 0 aliphatic rings. The Morgan fingerprint density at radius 3 is 2.81 bits per heavy atom. The summed E-state index contributed by atoms with van der Waals surface area (Å²) < 4.78 is 1.85. The lowest BCUT2D eigenvalue weighted by Gasteiger charge is -2.14. The Bertz CT molecular complexity index is 760. The van der Waals surface area contributed by atoms with E-state index in [1.165, 1.54) is 0 Å². The van der Waals surface area contributed by atoms with Crippen LogP contribution in [0.2, 0.25) is 0 Å². The molecule has 0 radical (unpaired) electrons. The summed E-state index contributed by atoms with van der Waals surface area (Å²) in [6, 6.07) is 10.5. The summed E-state index contributed by atoms with van der Waals surface area (Å²) in [4.78, 5) is 4.79. The van der Waals surface area contributed by atoms with E-state index in [0.717, 1.165) is 40.7 Å². The second kappa shape index (κ2) is 5.66. The van der Waals surface area contributed by atoms with Crippen LogP contribution in [-0.2, 0) is 6.42 Å². The summed E-state index contributed by atoms with van der Waals surface area (Å²) in [5.74, 6) is 0.880. The zero-order valence-corrected chi connectivity index (χ0v) is 12.5. The minimum absolute atomic E-state index is 0.142. The van der Waals surface area contributed by atoms with Crippen molar-refractivity contribution < 1.29 is 0 Å². The van der Waals surface area contributed by atoms with Gasteiger partial charge in [-0.05, 0) is 43.0 Å². The molecule has 2 aromatic heterocycles. The van der Waals surface area contributed by atoms with E-state index in [4.69, 9.17) is 10.7 Å². The number of aromatic nitrogens is 3. The molecule has 0 bridgehead atoms. The molecule has 0 spiro atoms. The largest absolute Gasteiger partial charge is 0.327 e. The number of fused-ring (bicyclic) bond motifs is 1. The van der Waals surface area contributed by atoms with Crippen molar-refractivity contribution in [2.24, 2.45) is 5.73 Å². The average Bonchev–Trinajstić information content (AvgIpc) is 2.92. The van der Waals surface area contributed by atoms with Crippen LogP contribution in [0.5, 0.6) is 0 Å². The number of aryl methyl sites for hydroxylation is 1. The Morgan fingerprint density at radius 2 is 2.10 bits per heavy atom. The van der Waals surface area contributed by atoms with Gasteiger partial charge in [0.05, 0.1) is 11.7 Å². The molecule has 0 amide bonds. The number of hydrogen-bond acceptors (Lipinski definition) is 3. The van der Waals surface area contributed by atoms with Crippen LogP contribution in [0.4, 0.5) is 0 Å². The van der Waals surface area contributed by atoms with Gasteiger partial charge in [0.25, 0.3) is 0 Å². The highest BCUT2D eigenvalue weighted by molar-refractivity contribution is 5.80. The second-order valence-corrected chi connectivity index (χ2v) is 5.50. The van der Waals surface area contributed by atoms with E-state index in [0.29, 0.717) is 0 Å². The molecule has 2 N–H and O–H groups in total. The van der Waals surface area contributed by atoms with Crippen LogP contribution in [0.3, 0.4) is 0 Å². The van der Waals surface area contributed by atoms with Gasteiger partial charge in [-0.3, -0.25) is 0 Å². The number of benzene rings is 1. The molecule has 1 atom stereocenters. The molecule has 3 aromatic rings. The number of nitrogens with zero attached hydrogens (tertiary/aromatic N) is 3. The van der Waals surface area contributed by atoms with Crippen LogP contribution in [-0.4, -0.2) is 20.8 Å². The van der Waals surface area contributed by atoms with Gasteiger partial charge in [-0.25, -0.2) is 9.67 Å². The number of para-hydroxylation sites is 1. The summed E-state index contributed by atoms with van der Waals surface area (Å²) in [6.45, 7) is 4.14. The van der Waals surface area contributed by atoms with Crippen molar-refractivity contribution in [2.45, 2.75) is 32.7 Å². The molecule has 4 heteroatoms. The Balaban J connectivity index is 2.16. The Morgan fingerprint density at radius 1 is 1.29 bits per heavy atom. The van der Waals surface area contributed by atoms with Gasteiger partial charge in [0.2, 0.25) is 0 Å². The molecule has 0 saturated heterocycles. The molecule has 2 heterocycles. The minimum atomic E-state index is 0.142. The van der Waals surface area contributed by atoms with Crippen molar-refractivity contribution in [2.75, 3.05) is 0 Å². The Hall–Kier alpha value is -2.20. The van der Waals surface area contributed by atoms with E-state index in [2.05, 4.69) is 24.2 Å². The normalized spacial score (nSPS) is 12.7. The topological polar surface area (TPSA) is 56.7 Å². The SMILES string of the molecule is CCC(N)Cc1cc2ccccc2nc1-n1cc(C)cn1. The highest BCUT2D eigenvalue weighted by Crippen LogP contribution is 2.21. The molecule has 108 valence electrons. The number of rotatable bonds is 4. The number of nitrogens with two attached hydrogens (primary N) is 1. The van der Waals surface area contributed by atoms with E-state index in [-0.39, 0.29) is 6.04 Å². The van der Waals surface area contributed by atoms with E-state index < -0.39 is 0 Å². The van der Waals surface area contributed by atoms with Crippen molar-refractivity contribution in [3.05, 3.63) is 53.9 Å². The zero-order valence-electron chi connectivity index (χ0n) is 12.5. The van der Waals surface area contributed by atoms with Gasteiger partial charge in [-0.15, -0.1) is 0 Å². The Labute approximate surface area is 124 Å². The van der Waals surface area contributed by atoms with Gasteiger partial charge in [0, 0.05) is 17.6 Å². The fourth-order valence-electron chi connectivity index (χ4n) is 2.45. The first-order valence-electron chi connectivity index (χ1n) is 7.33. The fourth-order valence-corrected chi connectivity index (χ4v) is 2.45. The van der Waals surface area contributed by atoms with E-state index in [1.54, 1.807) is 0 Å². The average molecular weight is 280 g/mol. The van der Waals surface area contributed by atoms with E-state index in [1.807, 2.05) is 42.2 Å². The second-order valence-electron chi connectivity index (χ2n) is 5.50. The van der Waals surface area contributed by atoms with Crippen molar-refractivity contribution >= 4 is 10.9 Å². The van der Waals surface area contributed by atoms with Crippen molar-refractivity contribution in [1.29, 1.82) is 0 Å². The lowest BCUT2D eigenvalue weighted by atomic mass is 10.0. The van der Waals surface area contributed by atoms with Gasteiger partial charge < -0.3 is 5.73 Å². The third kappa shape index (κ3) is 2.81. The monoisotopic (exact) mass is 280 g/mol. The summed E-state index contributed by atoms with van der Waals surface area (Å²) >= 11 is 0. The van der Waals surface area contributed by atoms with E-state index in [9.17, 15) is 0 Å². The summed E-state index contributed by atoms with van der Waals surface area (Å²) in [6.07, 6.45) is 5.60. The van der Waals surface area contributed by atoms with Crippen LogP contribution in [0.25, 0.3) is 16.7 Å². The molecule has 1 aromatic carbocycles. The highest BCUT2D eigenvalue weighted by Gasteiger charge is 2.12. The quantitative estimate of drug-likeness (QED) is 0.799. The molecular weight excluding hydrogens is 260 g/mol. The van der Waals surface area contributed by atoms with Crippen LogP contribution in [0.15, 0.2) is 42.7 Å². The third-order valence-electron chi connectivity index (χ3n) is 3.72. The first-order valence-corrected chi connectivity index (χ1v) is 7.33. The summed E-state index contributed by atoms with van der Waals surface area (Å²) in [5, 5.41) is 5.54. The third-order valence-corrected chi connectivity index (χ3v) is 3.72. The molecule has 0 aliphatic heterocycles. The minimum Gasteiger partial charge on any atom is -0.327 e. The highest BCUT2D eigenvalue weighted by atomic mass is 15.3. The van der Waals surface area contributed by atoms with Crippen LogP contribution < -0.4 is 5.73 Å². The van der Waals surface area contributed by atoms with Gasteiger partial charge >= 0.3 is 0 Å². The fraction of sp³-hybridized carbons (Fsp3) is 0.294. The molecule has 0 saturated carbocycles. The smallest absolute Gasteiger partial charge is 0.157 e. The van der Waals surface area contributed by atoms with Gasteiger partial charge in [0.1, 0.15) is 0 Å². The maximum atomic E-state index is 6.14. The van der Waals surface area contributed by atoms with E-state index >= 15 is 0 Å². The molecule has 21 heavy (non-hydrogen) atoms. The predicted molar refractivity (Wildman–Crippen MR) is 85.6 cm³/mol. The summed E-state index contributed by atoms with van der Waals surface area (Å²) in [5.41, 5.74) is 9.39. The van der Waals surface area contributed by atoms with Gasteiger partial charge in [0.15, 0.2) is 5.82 Å². The molecule has 1 unspecified atom stereocenters. The van der Waals surface area contributed by atoms with Gasteiger partial charge in [-0.2, -0.15) is 5.10 Å². The predicted octanol–water partition coefficient (Wildman–Crippen LogP) is 3.01. The van der Waals surface area contributed by atoms with Crippen molar-refractivity contribution in [3.63, 3.8) is 0 Å². The molecular formula is C17H20N4. The lowest BCUT2D eigenvalue weighted by molar-refractivity contribution is 0.640. The van der Waals surface area contributed by atoms with Crippen LogP contribution in [0.1, 0.15) is 24.5 Å². The van der Waals surface area contributed by atoms with Crippen LogP contribution >= 0.6 is 0 Å². The van der Waals surface area contributed by atoms with Crippen molar-refractivity contribution in [3.8, 4) is 5.82 Å². The molecule has 0 fully saturated rings. The van der Waals surface area contributed by atoms with Crippen molar-refractivity contribution in [1.82, 2.24) is 14.8 Å². The molecule has 3 rings (SSSR count). The lowest BCUT2D eigenvalue weighted by Crippen LogP contribution is -2.22. The maximum absolute atomic E-state index is 6.14.